The predicted octanol–water partition coefficient (Wildman–Crippen LogP) is 0.348. The Morgan fingerprint density at radius 3 is 2.19 bits per heavy atom. The Bertz CT molecular complexity index is 1120. The molecule has 13 heteroatoms. The first-order valence-corrected chi connectivity index (χ1v) is 10.6. The summed E-state index contributed by atoms with van der Waals surface area (Å²) in [4.78, 5) is 61.6. The molecule has 8 N–H and O–H groups in total. The van der Waals surface area contributed by atoms with Crippen molar-refractivity contribution in [2.75, 3.05) is 16.8 Å². The van der Waals surface area contributed by atoms with Crippen LogP contribution in [0.15, 0.2) is 59.7 Å². The van der Waals surface area contributed by atoms with Crippen molar-refractivity contribution in [2.24, 2.45) is 16.7 Å². The summed E-state index contributed by atoms with van der Waals surface area (Å²) in [5.74, 6) is 0.140. The third-order valence-electron chi connectivity index (χ3n) is 4.83. The summed E-state index contributed by atoms with van der Waals surface area (Å²) in [6.07, 6.45) is 0.234. The highest BCUT2D eigenvalue weighted by atomic mass is 16.4. The van der Waals surface area contributed by atoms with Gasteiger partial charge in [-0.1, -0.05) is 30.3 Å². The molecule has 2 aromatic rings. The Labute approximate surface area is 205 Å². The number of hydrogen-bond acceptors (Lipinski definition) is 8. The maximum Gasteiger partial charge on any atom is 0.334 e. The Kier molecular flexibility index (Phi) is 10.1. The van der Waals surface area contributed by atoms with Gasteiger partial charge >= 0.3 is 18.0 Å². The van der Waals surface area contributed by atoms with Crippen molar-refractivity contribution in [3.63, 3.8) is 0 Å². The van der Waals surface area contributed by atoms with Gasteiger partial charge in [-0.25, -0.2) is 9.59 Å². The average molecular weight is 498 g/mol. The minimum absolute atomic E-state index is 0.0536. The van der Waals surface area contributed by atoms with E-state index in [2.05, 4.69) is 15.7 Å². The molecule has 0 aliphatic rings. The summed E-state index contributed by atoms with van der Waals surface area (Å²) in [6, 6.07) is 9.76. The fraction of sp³-hybridized carbons (Fsp3) is 0.217. The molecule has 0 radical (unpaired) electrons. The number of carbonyl (C=O) groups excluding carboxylic acids is 3. The first kappa shape index (κ1) is 27.5. The molecule has 0 bridgehead atoms. The maximum absolute atomic E-state index is 12.9. The number of hydrogen-bond donors (Lipinski definition) is 6. The second-order valence-corrected chi connectivity index (χ2v) is 7.49. The van der Waals surface area contributed by atoms with Gasteiger partial charge in [0.2, 0.25) is 5.91 Å². The van der Waals surface area contributed by atoms with Crippen LogP contribution in [-0.2, 0) is 19.2 Å². The van der Waals surface area contributed by atoms with Crippen molar-refractivity contribution in [3.05, 3.63) is 60.2 Å². The summed E-state index contributed by atoms with van der Waals surface area (Å²) < 4.78 is 0. The van der Waals surface area contributed by atoms with E-state index in [4.69, 9.17) is 16.7 Å². The molecule has 0 unspecified atom stereocenters. The number of amides is 3. The summed E-state index contributed by atoms with van der Waals surface area (Å²) in [6.45, 7) is -0.232. The number of ketones is 1. The molecule has 0 saturated heterocycles. The van der Waals surface area contributed by atoms with E-state index < -0.39 is 54.6 Å². The fourth-order valence-corrected chi connectivity index (χ4v) is 3.19. The number of hydrazone groups is 1. The highest BCUT2D eigenvalue weighted by Crippen LogP contribution is 2.20. The quantitative estimate of drug-likeness (QED) is 0.103. The lowest BCUT2D eigenvalue weighted by atomic mass is 10.0. The second kappa shape index (κ2) is 13.2. The van der Waals surface area contributed by atoms with Gasteiger partial charge in [0.05, 0.1) is 18.7 Å². The summed E-state index contributed by atoms with van der Waals surface area (Å²) in [5, 5.41) is 27.1. The van der Waals surface area contributed by atoms with Crippen molar-refractivity contribution in [3.8, 4) is 0 Å². The Hall–Kier alpha value is -4.78. The van der Waals surface area contributed by atoms with Gasteiger partial charge in [-0.15, -0.1) is 0 Å². The standard InChI is InChI=1S/C23H26N6O7/c24-17(12-19(31)32)21(33)29(16-4-2-1-3-5-16)20(22(34)35)18(30)10-11-26-23(36)28-15-8-6-14(7-9-15)13-27-25/h1-9,13,17,20H,10-12,24-25H2,(H,31,32)(H,34,35)(H2,26,28,36)/t17-,20-/m0/s1. The number of Topliss-reactive ketones (excluding diaryl/α,β-unsaturated/α-hetero) is 1. The molecule has 36 heavy (non-hydrogen) atoms. The second-order valence-electron chi connectivity index (χ2n) is 7.49. The molecular weight excluding hydrogens is 472 g/mol. The zero-order valence-corrected chi connectivity index (χ0v) is 19.0. The number of aliphatic carboxylic acids is 2. The largest absolute Gasteiger partial charge is 0.481 e. The van der Waals surface area contributed by atoms with Crippen LogP contribution in [0.25, 0.3) is 0 Å². The number of nitrogens with zero attached hydrogens (tertiary/aromatic N) is 2. The SMILES string of the molecule is NN=Cc1ccc(NC(=O)NCCC(=O)[C@@H](C(=O)O)N(C(=O)[C@@H](N)CC(=O)O)c2ccccc2)cc1. The summed E-state index contributed by atoms with van der Waals surface area (Å²) >= 11 is 0. The number of urea groups is 1. The third-order valence-corrected chi connectivity index (χ3v) is 4.83. The number of nitrogens with one attached hydrogen (secondary N) is 2. The predicted molar refractivity (Wildman–Crippen MR) is 130 cm³/mol. The van der Waals surface area contributed by atoms with Crippen LogP contribution in [0.5, 0.6) is 0 Å². The van der Waals surface area contributed by atoms with Gasteiger partial charge in [0.25, 0.3) is 0 Å². The van der Waals surface area contributed by atoms with Crippen LogP contribution in [0.3, 0.4) is 0 Å². The lowest BCUT2D eigenvalue weighted by Crippen LogP contribution is -2.55. The molecule has 2 rings (SSSR count). The van der Waals surface area contributed by atoms with Crippen molar-refractivity contribution >= 4 is 47.2 Å². The zero-order valence-electron chi connectivity index (χ0n) is 19.0. The summed E-state index contributed by atoms with van der Waals surface area (Å²) in [5.41, 5.74) is 6.90. The van der Waals surface area contributed by atoms with Gasteiger partial charge in [0, 0.05) is 24.3 Å². The van der Waals surface area contributed by atoms with Crippen LogP contribution < -0.4 is 27.1 Å². The molecule has 0 aliphatic carbocycles. The van der Waals surface area contributed by atoms with E-state index in [1.54, 1.807) is 30.3 Å². The van der Waals surface area contributed by atoms with Gasteiger partial charge < -0.3 is 32.4 Å². The molecule has 2 aromatic carbocycles. The molecule has 190 valence electrons. The smallest absolute Gasteiger partial charge is 0.334 e. The topological polar surface area (TPSA) is 218 Å². The molecule has 0 aliphatic heterocycles. The molecule has 3 amide bonds. The third kappa shape index (κ3) is 7.92. The van der Waals surface area contributed by atoms with E-state index in [0.717, 1.165) is 0 Å². The lowest BCUT2D eigenvalue weighted by Gasteiger charge is -2.30. The molecule has 0 fully saturated rings. The molecule has 0 saturated carbocycles. The fourth-order valence-electron chi connectivity index (χ4n) is 3.19. The molecule has 0 aromatic heterocycles. The number of para-hydroxylation sites is 1. The maximum atomic E-state index is 12.9. The average Bonchev–Trinajstić information content (AvgIpc) is 2.83. The Morgan fingerprint density at radius 2 is 1.64 bits per heavy atom. The van der Waals surface area contributed by atoms with Crippen molar-refractivity contribution in [1.29, 1.82) is 0 Å². The van der Waals surface area contributed by atoms with E-state index in [0.29, 0.717) is 16.2 Å². The molecular formula is C23H26N6O7. The Balaban J connectivity index is 2.09. The molecule has 2 atom stereocenters. The van der Waals surface area contributed by atoms with E-state index in [1.807, 2.05) is 0 Å². The van der Waals surface area contributed by atoms with Gasteiger partial charge in [-0.3, -0.25) is 19.3 Å². The van der Waals surface area contributed by atoms with Crippen LogP contribution in [-0.4, -0.2) is 64.7 Å². The molecule has 0 heterocycles. The zero-order chi connectivity index (χ0) is 26.7. The number of carbonyl (C=O) groups is 5. The minimum atomic E-state index is -1.98. The first-order valence-electron chi connectivity index (χ1n) is 10.6. The number of anilines is 2. The molecule has 0 spiro atoms. The van der Waals surface area contributed by atoms with Crippen LogP contribution >= 0.6 is 0 Å². The van der Waals surface area contributed by atoms with Crippen molar-refractivity contribution in [2.45, 2.75) is 24.9 Å². The van der Waals surface area contributed by atoms with Crippen LogP contribution in [0.2, 0.25) is 0 Å². The van der Waals surface area contributed by atoms with Gasteiger partial charge in [-0.05, 0) is 29.8 Å². The highest BCUT2D eigenvalue weighted by molar-refractivity contribution is 6.14. The lowest BCUT2D eigenvalue weighted by molar-refractivity contribution is -0.144. The van der Waals surface area contributed by atoms with E-state index in [-0.39, 0.29) is 12.2 Å². The summed E-state index contributed by atoms with van der Waals surface area (Å²) in [7, 11) is 0. The van der Waals surface area contributed by atoms with Gasteiger partial charge in [0.1, 0.15) is 0 Å². The number of carboxylic acid groups (broad SMARTS) is 2. The number of benzene rings is 2. The van der Waals surface area contributed by atoms with Crippen LogP contribution in [0.4, 0.5) is 16.2 Å². The van der Waals surface area contributed by atoms with Crippen LogP contribution in [0, 0.1) is 0 Å². The number of nitrogens with two attached hydrogens (primary N) is 2. The van der Waals surface area contributed by atoms with E-state index >= 15 is 0 Å². The van der Waals surface area contributed by atoms with E-state index in [1.165, 1.54) is 30.5 Å². The van der Waals surface area contributed by atoms with Crippen molar-refractivity contribution in [1.82, 2.24) is 5.32 Å². The number of carboxylic acids is 2. The van der Waals surface area contributed by atoms with Crippen LogP contribution in [0.1, 0.15) is 18.4 Å². The highest BCUT2D eigenvalue weighted by Gasteiger charge is 2.38. The number of rotatable bonds is 12. The first-order chi connectivity index (χ1) is 17.1. The molecule has 13 nitrogen and oxygen atoms in total. The van der Waals surface area contributed by atoms with E-state index in [9.17, 15) is 29.1 Å². The minimum Gasteiger partial charge on any atom is -0.481 e. The normalized spacial score (nSPS) is 12.4. The van der Waals surface area contributed by atoms with Gasteiger partial charge in [-0.2, -0.15) is 5.10 Å². The van der Waals surface area contributed by atoms with Crippen molar-refractivity contribution < 1.29 is 34.2 Å². The monoisotopic (exact) mass is 498 g/mol. The van der Waals surface area contributed by atoms with Gasteiger partial charge in [0.15, 0.2) is 11.8 Å². The Morgan fingerprint density at radius 1 is 1.00 bits per heavy atom.